The largest absolute Gasteiger partial charge is 0.329 e. The zero-order chi connectivity index (χ0) is 19.0. The SMILES string of the molecule is Cc1ccc2c(cnn2C2CCN(C(=O)NC3CCCCC3(F)F)CC2)c1. The molecule has 1 unspecified atom stereocenters. The Labute approximate surface area is 157 Å². The molecule has 7 heteroatoms. The molecule has 1 saturated carbocycles. The monoisotopic (exact) mass is 376 g/mol. The maximum absolute atomic E-state index is 14.0. The average molecular weight is 376 g/mol. The van der Waals surface area contributed by atoms with Gasteiger partial charge in [-0.1, -0.05) is 18.1 Å². The van der Waals surface area contributed by atoms with Crippen LogP contribution in [0.2, 0.25) is 0 Å². The second kappa shape index (κ2) is 7.09. The number of urea groups is 1. The van der Waals surface area contributed by atoms with Crippen LogP contribution >= 0.6 is 0 Å². The Morgan fingerprint density at radius 2 is 2.00 bits per heavy atom. The van der Waals surface area contributed by atoms with Crippen molar-refractivity contribution >= 4 is 16.9 Å². The molecule has 5 nitrogen and oxygen atoms in total. The first kappa shape index (κ1) is 18.2. The van der Waals surface area contributed by atoms with Crippen LogP contribution in [-0.2, 0) is 0 Å². The van der Waals surface area contributed by atoms with Gasteiger partial charge in [-0.3, -0.25) is 4.68 Å². The smallest absolute Gasteiger partial charge is 0.317 e. The number of aromatic nitrogens is 2. The van der Waals surface area contributed by atoms with Crippen LogP contribution in [0.15, 0.2) is 24.4 Å². The number of alkyl halides is 2. The van der Waals surface area contributed by atoms with Crippen LogP contribution in [0.3, 0.4) is 0 Å². The molecular formula is C20H26F2N4O. The molecule has 1 aromatic carbocycles. The fraction of sp³-hybridized carbons (Fsp3) is 0.600. The molecule has 1 aliphatic heterocycles. The van der Waals surface area contributed by atoms with E-state index >= 15 is 0 Å². The number of carbonyl (C=O) groups is 1. The number of hydrogen-bond acceptors (Lipinski definition) is 2. The van der Waals surface area contributed by atoms with Crippen molar-refractivity contribution in [3.8, 4) is 0 Å². The standard InChI is InChI=1S/C20H26F2N4O/c1-14-5-6-17-15(12-14)13-23-26(17)16-7-10-25(11-8-16)19(27)24-18-4-2-3-9-20(18,21)22/h5-6,12-13,16,18H,2-4,7-11H2,1H3,(H,24,27). The Bertz CT molecular complexity index is 826. The van der Waals surface area contributed by atoms with Crippen molar-refractivity contribution in [2.24, 2.45) is 0 Å². The van der Waals surface area contributed by atoms with E-state index < -0.39 is 12.0 Å². The Hall–Kier alpha value is -2.18. The molecule has 2 aliphatic rings. The van der Waals surface area contributed by atoms with E-state index in [-0.39, 0.29) is 18.5 Å². The minimum absolute atomic E-state index is 0.133. The molecule has 1 atom stereocenters. The molecule has 146 valence electrons. The van der Waals surface area contributed by atoms with Crippen LogP contribution in [0.25, 0.3) is 10.9 Å². The van der Waals surface area contributed by atoms with Gasteiger partial charge in [0.2, 0.25) is 0 Å². The van der Waals surface area contributed by atoms with E-state index in [1.807, 2.05) is 10.9 Å². The molecule has 2 heterocycles. The maximum atomic E-state index is 14.0. The summed E-state index contributed by atoms with van der Waals surface area (Å²) in [5.41, 5.74) is 2.30. The predicted octanol–water partition coefficient (Wildman–Crippen LogP) is 4.27. The number of halogens is 2. The number of piperidine rings is 1. The van der Waals surface area contributed by atoms with Gasteiger partial charge < -0.3 is 10.2 Å². The van der Waals surface area contributed by atoms with Crippen molar-refractivity contribution in [2.75, 3.05) is 13.1 Å². The Kier molecular flexibility index (Phi) is 4.78. The predicted molar refractivity (Wildman–Crippen MR) is 100 cm³/mol. The van der Waals surface area contributed by atoms with Crippen LogP contribution in [-0.4, -0.2) is 45.8 Å². The molecule has 0 radical (unpaired) electrons. The van der Waals surface area contributed by atoms with Gasteiger partial charge in [0, 0.05) is 24.9 Å². The molecule has 2 amide bonds. The molecule has 1 saturated heterocycles. The molecule has 27 heavy (non-hydrogen) atoms. The summed E-state index contributed by atoms with van der Waals surface area (Å²) in [7, 11) is 0. The van der Waals surface area contributed by atoms with Gasteiger partial charge in [0.05, 0.1) is 23.8 Å². The Balaban J connectivity index is 1.37. The van der Waals surface area contributed by atoms with Crippen molar-refractivity contribution in [1.29, 1.82) is 0 Å². The lowest BCUT2D eigenvalue weighted by atomic mass is 9.91. The lowest BCUT2D eigenvalue weighted by Gasteiger charge is -2.36. The van der Waals surface area contributed by atoms with E-state index in [0.717, 1.165) is 30.2 Å². The fourth-order valence-electron chi connectivity index (χ4n) is 4.29. The number of fused-ring (bicyclic) bond motifs is 1. The summed E-state index contributed by atoms with van der Waals surface area (Å²) >= 11 is 0. The van der Waals surface area contributed by atoms with Crippen molar-refractivity contribution in [1.82, 2.24) is 20.0 Å². The van der Waals surface area contributed by atoms with Crippen molar-refractivity contribution < 1.29 is 13.6 Å². The van der Waals surface area contributed by atoms with Gasteiger partial charge in [0.25, 0.3) is 5.92 Å². The lowest BCUT2D eigenvalue weighted by Crippen LogP contribution is -2.54. The number of aryl methyl sites for hydroxylation is 1. The Morgan fingerprint density at radius 1 is 1.22 bits per heavy atom. The first-order chi connectivity index (χ1) is 12.9. The van der Waals surface area contributed by atoms with E-state index in [2.05, 4.69) is 35.5 Å². The minimum Gasteiger partial charge on any atom is -0.329 e. The van der Waals surface area contributed by atoms with Crippen LogP contribution in [0.5, 0.6) is 0 Å². The minimum atomic E-state index is -2.79. The lowest BCUT2D eigenvalue weighted by molar-refractivity contribution is -0.0609. The number of nitrogens with zero attached hydrogens (tertiary/aromatic N) is 3. The van der Waals surface area contributed by atoms with E-state index in [9.17, 15) is 13.6 Å². The first-order valence-corrected chi connectivity index (χ1v) is 9.81. The summed E-state index contributed by atoms with van der Waals surface area (Å²) in [6, 6.07) is 5.11. The summed E-state index contributed by atoms with van der Waals surface area (Å²) in [5, 5.41) is 8.24. The second-order valence-corrected chi connectivity index (χ2v) is 7.88. The van der Waals surface area contributed by atoms with Crippen molar-refractivity contribution in [3.63, 3.8) is 0 Å². The number of amides is 2. The number of nitrogens with one attached hydrogen (secondary N) is 1. The molecular weight excluding hydrogens is 350 g/mol. The van der Waals surface area contributed by atoms with Crippen LogP contribution in [0.4, 0.5) is 13.6 Å². The highest BCUT2D eigenvalue weighted by atomic mass is 19.3. The van der Waals surface area contributed by atoms with Gasteiger partial charge in [0.1, 0.15) is 0 Å². The van der Waals surface area contributed by atoms with Crippen LogP contribution in [0.1, 0.15) is 50.1 Å². The third-order valence-electron chi connectivity index (χ3n) is 5.91. The summed E-state index contributed by atoms with van der Waals surface area (Å²) in [6.07, 6.45) is 4.93. The highest BCUT2D eigenvalue weighted by molar-refractivity contribution is 5.79. The molecule has 0 spiro atoms. The number of benzene rings is 1. The summed E-state index contributed by atoms with van der Waals surface area (Å²) in [4.78, 5) is 14.1. The zero-order valence-electron chi connectivity index (χ0n) is 15.6. The zero-order valence-corrected chi connectivity index (χ0v) is 15.6. The van der Waals surface area contributed by atoms with E-state index in [1.54, 1.807) is 4.90 Å². The molecule has 1 N–H and O–H groups in total. The Morgan fingerprint density at radius 3 is 2.74 bits per heavy atom. The van der Waals surface area contributed by atoms with Crippen molar-refractivity contribution in [3.05, 3.63) is 30.0 Å². The average Bonchev–Trinajstić information content (AvgIpc) is 3.06. The highest BCUT2D eigenvalue weighted by Gasteiger charge is 2.42. The third-order valence-corrected chi connectivity index (χ3v) is 5.91. The van der Waals surface area contributed by atoms with Gasteiger partial charge in [-0.15, -0.1) is 0 Å². The number of rotatable bonds is 2. The van der Waals surface area contributed by atoms with E-state index in [0.29, 0.717) is 25.9 Å². The molecule has 4 rings (SSSR count). The fourth-order valence-corrected chi connectivity index (χ4v) is 4.29. The van der Waals surface area contributed by atoms with Gasteiger partial charge in [-0.2, -0.15) is 5.10 Å². The number of hydrogen-bond donors (Lipinski definition) is 1. The molecule has 0 bridgehead atoms. The van der Waals surface area contributed by atoms with Gasteiger partial charge in [-0.25, -0.2) is 13.6 Å². The maximum Gasteiger partial charge on any atom is 0.317 e. The van der Waals surface area contributed by atoms with Crippen LogP contribution in [0, 0.1) is 6.92 Å². The topological polar surface area (TPSA) is 50.2 Å². The highest BCUT2D eigenvalue weighted by Crippen LogP contribution is 2.34. The number of carbonyl (C=O) groups excluding carboxylic acids is 1. The van der Waals surface area contributed by atoms with Crippen molar-refractivity contribution in [2.45, 2.75) is 63.5 Å². The quantitative estimate of drug-likeness (QED) is 0.851. The molecule has 2 fully saturated rings. The van der Waals surface area contributed by atoms with E-state index in [1.165, 1.54) is 5.56 Å². The second-order valence-electron chi connectivity index (χ2n) is 7.88. The third kappa shape index (κ3) is 3.64. The summed E-state index contributed by atoms with van der Waals surface area (Å²) < 4.78 is 30.0. The molecule has 1 aromatic heterocycles. The normalized spacial score (nSPS) is 23.5. The van der Waals surface area contributed by atoms with Gasteiger partial charge >= 0.3 is 6.03 Å². The molecule has 2 aromatic rings. The first-order valence-electron chi connectivity index (χ1n) is 9.81. The van der Waals surface area contributed by atoms with Gasteiger partial charge in [0.15, 0.2) is 0 Å². The number of likely N-dealkylation sites (tertiary alicyclic amines) is 1. The summed E-state index contributed by atoms with van der Waals surface area (Å²) in [5.74, 6) is -2.79. The molecule has 1 aliphatic carbocycles. The summed E-state index contributed by atoms with van der Waals surface area (Å²) in [6.45, 7) is 3.17. The van der Waals surface area contributed by atoms with Crippen LogP contribution < -0.4 is 5.32 Å². The van der Waals surface area contributed by atoms with Gasteiger partial charge in [-0.05, 0) is 44.7 Å². The van der Waals surface area contributed by atoms with E-state index in [4.69, 9.17) is 0 Å².